The number of nitrogens with zero attached hydrogens (tertiary/aromatic N) is 1. The first-order chi connectivity index (χ1) is 11.4. The predicted octanol–water partition coefficient (Wildman–Crippen LogP) is 4.43. The van der Waals surface area contributed by atoms with Gasteiger partial charge in [0.25, 0.3) is 0 Å². The van der Waals surface area contributed by atoms with Crippen molar-refractivity contribution in [3.63, 3.8) is 0 Å². The Morgan fingerprint density at radius 3 is 2.46 bits per heavy atom. The number of halogens is 1. The molecule has 2 amide bonds. The fourth-order valence-corrected chi connectivity index (χ4v) is 3.56. The number of aryl methyl sites for hydroxylation is 2. The highest BCUT2D eigenvalue weighted by molar-refractivity contribution is 9.10. The first-order valence-corrected chi connectivity index (χ1v) is 8.87. The van der Waals surface area contributed by atoms with Crippen molar-refractivity contribution < 1.29 is 9.59 Å². The summed E-state index contributed by atoms with van der Waals surface area (Å²) in [7, 11) is 0. The second-order valence-corrected chi connectivity index (χ2v) is 7.39. The number of carbonyl (C=O) groups is 2. The van der Waals surface area contributed by atoms with Gasteiger partial charge in [0, 0.05) is 10.4 Å². The minimum Gasteiger partial charge on any atom is -0.274 e. The van der Waals surface area contributed by atoms with Crippen molar-refractivity contribution in [1.29, 1.82) is 0 Å². The molecule has 124 valence electrons. The van der Waals surface area contributed by atoms with E-state index in [9.17, 15) is 9.59 Å². The van der Waals surface area contributed by atoms with Gasteiger partial charge < -0.3 is 0 Å². The van der Waals surface area contributed by atoms with Gasteiger partial charge in [0.15, 0.2) is 0 Å². The Morgan fingerprint density at radius 2 is 1.79 bits per heavy atom. The molecular weight excluding hydrogens is 366 g/mol. The molecule has 3 rings (SSSR count). The summed E-state index contributed by atoms with van der Waals surface area (Å²) in [4.78, 5) is 26.9. The van der Waals surface area contributed by atoms with E-state index in [4.69, 9.17) is 0 Å². The second kappa shape index (κ2) is 6.52. The van der Waals surface area contributed by atoms with E-state index in [0.29, 0.717) is 12.1 Å². The number of hydrogen-bond acceptors (Lipinski definition) is 2. The van der Waals surface area contributed by atoms with Crippen molar-refractivity contribution in [2.75, 3.05) is 4.90 Å². The van der Waals surface area contributed by atoms with E-state index in [0.717, 1.165) is 21.2 Å². The van der Waals surface area contributed by atoms with Crippen LogP contribution >= 0.6 is 15.9 Å². The van der Waals surface area contributed by atoms with Gasteiger partial charge in [0.2, 0.25) is 11.8 Å². The average molecular weight is 386 g/mol. The third-order valence-electron chi connectivity index (χ3n) is 4.70. The van der Waals surface area contributed by atoms with Gasteiger partial charge in [-0.05, 0) is 43.5 Å². The van der Waals surface area contributed by atoms with Crippen LogP contribution < -0.4 is 4.90 Å². The van der Waals surface area contributed by atoms with Crippen molar-refractivity contribution >= 4 is 33.4 Å². The number of rotatable bonds is 3. The third kappa shape index (κ3) is 3.03. The maximum Gasteiger partial charge on any atom is 0.238 e. The lowest BCUT2D eigenvalue weighted by Gasteiger charge is -2.16. The molecule has 4 heteroatoms. The van der Waals surface area contributed by atoms with Gasteiger partial charge >= 0.3 is 0 Å². The summed E-state index contributed by atoms with van der Waals surface area (Å²) in [6.07, 6.45) is 0.594. The Morgan fingerprint density at radius 1 is 1.04 bits per heavy atom. The number of carbonyl (C=O) groups excluding carboxylic acids is 2. The zero-order valence-corrected chi connectivity index (χ0v) is 15.6. The molecule has 0 aliphatic carbocycles. The van der Waals surface area contributed by atoms with Gasteiger partial charge in [0.1, 0.15) is 0 Å². The highest BCUT2D eigenvalue weighted by Gasteiger charge is 2.45. The van der Waals surface area contributed by atoms with Crippen LogP contribution in [0.25, 0.3) is 0 Å². The predicted molar refractivity (Wildman–Crippen MR) is 98.9 cm³/mol. The Bertz CT molecular complexity index is 815. The van der Waals surface area contributed by atoms with Gasteiger partial charge in [-0.3, -0.25) is 14.5 Å². The summed E-state index contributed by atoms with van der Waals surface area (Å²) >= 11 is 3.48. The van der Waals surface area contributed by atoms with Crippen molar-refractivity contribution in [3.8, 4) is 0 Å². The molecule has 1 heterocycles. The molecule has 1 aliphatic heterocycles. The van der Waals surface area contributed by atoms with Crippen LogP contribution in [0.4, 0.5) is 5.69 Å². The molecule has 2 aromatic rings. The van der Waals surface area contributed by atoms with Crippen molar-refractivity contribution in [3.05, 3.63) is 63.6 Å². The molecule has 0 radical (unpaired) electrons. The number of hydrogen-bond donors (Lipinski definition) is 0. The molecule has 2 aromatic carbocycles. The smallest absolute Gasteiger partial charge is 0.238 e. The van der Waals surface area contributed by atoms with E-state index in [1.165, 1.54) is 4.90 Å². The molecular formula is C20H20BrNO2. The van der Waals surface area contributed by atoms with Gasteiger partial charge in [-0.25, -0.2) is 0 Å². The molecule has 1 saturated heterocycles. The van der Waals surface area contributed by atoms with Crippen LogP contribution in [-0.4, -0.2) is 11.8 Å². The van der Waals surface area contributed by atoms with Crippen LogP contribution in [0, 0.1) is 25.7 Å². The van der Waals surface area contributed by atoms with E-state index >= 15 is 0 Å². The Hall–Kier alpha value is -1.94. The van der Waals surface area contributed by atoms with Gasteiger partial charge in [-0.15, -0.1) is 0 Å². The molecule has 0 saturated carbocycles. The van der Waals surface area contributed by atoms with Crippen LogP contribution in [0.1, 0.15) is 23.6 Å². The van der Waals surface area contributed by atoms with E-state index in [2.05, 4.69) is 22.0 Å². The fourth-order valence-electron chi connectivity index (χ4n) is 3.20. The van der Waals surface area contributed by atoms with E-state index in [1.54, 1.807) is 0 Å². The van der Waals surface area contributed by atoms with E-state index in [1.807, 2.05) is 57.2 Å². The Balaban J connectivity index is 1.90. The zero-order chi connectivity index (χ0) is 17.4. The van der Waals surface area contributed by atoms with Crippen LogP contribution in [0.15, 0.2) is 46.9 Å². The standard InChI is InChI=1S/C20H20BrNO2/c1-12-5-4-6-15(9-12)10-17-14(3)19(23)22(20(17)24)16-8-7-13(2)18(21)11-16/h4-9,11,14,17H,10H2,1-3H3/t14-,17-/m0/s1. The quantitative estimate of drug-likeness (QED) is 0.732. The molecule has 0 bridgehead atoms. The molecule has 0 N–H and O–H groups in total. The minimum atomic E-state index is -0.307. The number of benzene rings is 2. The van der Waals surface area contributed by atoms with Crippen LogP contribution in [0.5, 0.6) is 0 Å². The average Bonchev–Trinajstić information content (AvgIpc) is 2.74. The topological polar surface area (TPSA) is 37.4 Å². The van der Waals surface area contributed by atoms with Crippen LogP contribution in [0.2, 0.25) is 0 Å². The summed E-state index contributed by atoms with van der Waals surface area (Å²) in [5.41, 5.74) is 3.97. The lowest BCUT2D eigenvalue weighted by molar-refractivity contribution is -0.122. The summed E-state index contributed by atoms with van der Waals surface area (Å²) in [5, 5.41) is 0. The fraction of sp³-hybridized carbons (Fsp3) is 0.300. The highest BCUT2D eigenvalue weighted by Crippen LogP contribution is 2.34. The molecule has 0 spiro atoms. The minimum absolute atomic E-state index is 0.107. The summed E-state index contributed by atoms with van der Waals surface area (Å²) in [6, 6.07) is 13.7. The van der Waals surface area contributed by atoms with E-state index in [-0.39, 0.29) is 23.7 Å². The highest BCUT2D eigenvalue weighted by atomic mass is 79.9. The van der Waals surface area contributed by atoms with Gasteiger partial charge in [-0.1, -0.05) is 58.7 Å². The molecule has 0 aromatic heterocycles. The van der Waals surface area contributed by atoms with Crippen molar-refractivity contribution in [1.82, 2.24) is 0 Å². The molecule has 1 fully saturated rings. The third-order valence-corrected chi connectivity index (χ3v) is 5.56. The maximum atomic E-state index is 12.9. The van der Waals surface area contributed by atoms with E-state index < -0.39 is 0 Å². The van der Waals surface area contributed by atoms with Crippen LogP contribution in [0.3, 0.4) is 0 Å². The summed E-state index contributed by atoms with van der Waals surface area (Å²) in [5.74, 6) is -0.837. The first kappa shape index (κ1) is 16.9. The largest absolute Gasteiger partial charge is 0.274 e. The molecule has 24 heavy (non-hydrogen) atoms. The summed E-state index contributed by atoms with van der Waals surface area (Å²) in [6.45, 7) is 5.86. The number of imide groups is 1. The first-order valence-electron chi connectivity index (χ1n) is 8.08. The van der Waals surface area contributed by atoms with Crippen molar-refractivity contribution in [2.24, 2.45) is 11.8 Å². The normalized spacial score (nSPS) is 20.8. The molecule has 0 unspecified atom stereocenters. The zero-order valence-electron chi connectivity index (χ0n) is 14.0. The molecule has 1 aliphatic rings. The lowest BCUT2D eigenvalue weighted by Crippen LogP contribution is -2.31. The SMILES string of the molecule is Cc1cccc(C[C@@H]2C(=O)N(c3ccc(C)c(Br)c3)C(=O)[C@H]2C)c1. The summed E-state index contributed by atoms with van der Waals surface area (Å²) < 4.78 is 0.899. The maximum absolute atomic E-state index is 12.9. The monoisotopic (exact) mass is 385 g/mol. The van der Waals surface area contributed by atoms with Gasteiger partial charge in [0.05, 0.1) is 11.6 Å². The van der Waals surface area contributed by atoms with Crippen LogP contribution in [-0.2, 0) is 16.0 Å². The Kier molecular flexibility index (Phi) is 4.59. The van der Waals surface area contributed by atoms with Crippen molar-refractivity contribution in [2.45, 2.75) is 27.2 Å². The van der Waals surface area contributed by atoms with Gasteiger partial charge in [-0.2, -0.15) is 0 Å². The number of anilines is 1. The lowest BCUT2D eigenvalue weighted by atomic mass is 9.90. The Labute approximate surface area is 150 Å². The number of amides is 2. The molecule has 3 nitrogen and oxygen atoms in total. The molecule has 2 atom stereocenters. The second-order valence-electron chi connectivity index (χ2n) is 6.53.